The van der Waals surface area contributed by atoms with Crippen LogP contribution in [-0.4, -0.2) is 55.7 Å². The number of benzene rings is 1. The molecule has 7 nitrogen and oxygen atoms in total. The average molecular weight is 454 g/mol. The van der Waals surface area contributed by atoms with Gasteiger partial charge < -0.3 is 24.1 Å². The molecule has 0 spiro atoms. The number of nitrogens with zero attached hydrogens (tertiary/aromatic N) is 2. The highest BCUT2D eigenvalue weighted by Gasteiger charge is 2.31. The zero-order valence-electron chi connectivity index (χ0n) is 18.3. The number of aryl methyl sites for hydroxylation is 1. The minimum Gasteiger partial charge on any atom is -0.459 e. The smallest absolute Gasteiger partial charge is 0.291 e. The number of carbonyl (C=O) groups excluding carboxylic acids is 1. The van der Waals surface area contributed by atoms with Gasteiger partial charge in [0.05, 0.1) is 12.3 Å². The van der Waals surface area contributed by atoms with Crippen LogP contribution in [0.5, 0.6) is 11.5 Å². The number of thiophene rings is 1. The number of ether oxygens (including phenoxy) is 2. The molecule has 5 rings (SSSR count). The maximum atomic E-state index is 12.8. The normalized spacial score (nSPS) is 17.4. The summed E-state index contributed by atoms with van der Waals surface area (Å²) in [7, 11) is 2.15. The van der Waals surface area contributed by atoms with Crippen LogP contribution >= 0.6 is 11.3 Å². The van der Waals surface area contributed by atoms with Crippen LogP contribution in [0.15, 0.2) is 47.1 Å². The lowest BCUT2D eigenvalue weighted by Gasteiger charge is -2.38. The third kappa shape index (κ3) is 4.13. The molecule has 2 aromatic heterocycles. The molecule has 0 radical (unpaired) electrons. The van der Waals surface area contributed by atoms with Gasteiger partial charge in [0.1, 0.15) is 5.00 Å². The number of rotatable bonds is 6. The van der Waals surface area contributed by atoms with Crippen LogP contribution in [0.1, 0.15) is 39.5 Å². The number of carbonyl (C=O) groups is 1. The van der Waals surface area contributed by atoms with Crippen LogP contribution in [-0.2, 0) is 6.42 Å². The Morgan fingerprint density at radius 1 is 1.12 bits per heavy atom. The van der Waals surface area contributed by atoms with E-state index in [1.807, 2.05) is 6.07 Å². The maximum Gasteiger partial charge on any atom is 0.291 e. The van der Waals surface area contributed by atoms with Crippen molar-refractivity contribution < 1.29 is 18.7 Å². The van der Waals surface area contributed by atoms with Crippen molar-refractivity contribution in [3.05, 3.63) is 64.4 Å². The highest BCUT2D eigenvalue weighted by molar-refractivity contribution is 7.16. The molecule has 3 aromatic rings. The third-order valence-electron chi connectivity index (χ3n) is 6.04. The fraction of sp³-hybridized carbons (Fsp3) is 0.375. The van der Waals surface area contributed by atoms with E-state index in [9.17, 15) is 4.79 Å². The Kier molecular flexibility index (Phi) is 5.91. The largest absolute Gasteiger partial charge is 0.459 e. The summed E-state index contributed by atoms with van der Waals surface area (Å²) in [4.78, 5) is 18.9. The van der Waals surface area contributed by atoms with E-state index in [2.05, 4.69) is 47.3 Å². The lowest BCUT2D eigenvalue weighted by Crippen LogP contribution is -2.46. The predicted molar refractivity (Wildman–Crippen MR) is 124 cm³/mol. The molecule has 32 heavy (non-hydrogen) atoms. The molecule has 0 aliphatic carbocycles. The van der Waals surface area contributed by atoms with Gasteiger partial charge in [0.15, 0.2) is 17.3 Å². The van der Waals surface area contributed by atoms with E-state index in [4.69, 9.17) is 13.9 Å². The molecule has 2 aliphatic rings. The van der Waals surface area contributed by atoms with E-state index in [0.29, 0.717) is 5.76 Å². The first-order valence-electron chi connectivity index (χ1n) is 10.9. The Balaban J connectivity index is 1.55. The van der Waals surface area contributed by atoms with Crippen molar-refractivity contribution in [2.75, 3.05) is 45.3 Å². The van der Waals surface area contributed by atoms with Crippen molar-refractivity contribution in [1.82, 2.24) is 9.80 Å². The molecule has 0 bridgehead atoms. The minimum atomic E-state index is -0.233. The summed E-state index contributed by atoms with van der Waals surface area (Å²) in [5.74, 6) is 1.62. The van der Waals surface area contributed by atoms with Crippen LogP contribution in [0.4, 0.5) is 5.00 Å². The molecule has 1 fully saturated rings. The molecule has 1 amide bonds. The zero-order chi connectivity index (χ0) is 22.1. The standard InChI is InChI=1S/C24H27N3O4S/c1-3-17-14-18(24(32-17)25-23(28)20-5-4-12-29-20)22(27-10-8-26(2)9-11-27)16-6-7-19-21(13-16)31-15-30-19/h4-7,12-14,22H,3,8-11,15H2,1-2H3,(H,25,28). The van der Waals surface area contributed by atoms with Gasteiger partial charge in [-0.25, -0.2) is 0 Å². The van der Waals surface area contributed by atoms with E-state index in [1.54, 1.807) is 23.5 Å². The van der Waals surface area contributed by atoms with Gasteiger partial charge in [-0.3, -0.25) is 9.69 Å². The third-order valence-corrected chi connectivity index (χ3v) is 7.25. The number of amides is 1. The summed E-state index contributed by atoms with van der Waals surface area (Å²) in [6.07, 6.45) is 2.42. The van der Waals surface area contributed by atoms with Gasteiger partial charge in [0, 0.05) is 36.6 Å². The predicted octanol–water partition coefficient (Wildman–Crippen LogP) is 4.22. The summed E-state index contributed by atoms with van der Waals surface area (Å²) < 4.78 is 16.5. The molecule has 1 N–H and O–H groups in total. The molecule has 1 unspecified atom stereocenters. The monoisotopic (exact) mass is 453 g/mol. The summed E-state index contributed by atoms with van der Waals surface area (Å²) in [5.41, 5.74) is 2.24. The van der Waals surface area contributed by atoms with Gasteiger partial charge in [0.25, 0.3) is 5.91 Å². The van der Waals surface area contributed by atoms with Gasteiger partial charge in [0.2, 0.25) is 6.79 Å². The van der Waals surface area contributed by atoms with Gasteiger partial charge in [-0.1, -0.05) is 13.0 Å². The first-order chi connectivity index (χ1) is 15.6. The molecular formula is C24H27N3O4S. The van der Waals surface area contributed by atoms with Crippen molar-refractivity contribution in [1.29, 1.82) is 0 Å². The number of furan rings is 1. The lowest BCUT2D eigenvalue weighted by molar-refractivity contribution is 0.0996. The van der Waals surface area contributed by atoms with Crippen molar-refractivity contribution >= 4 is 22.2 Å². The number of nitrogens with one attached hydrogen (secondary N) is 1. The zero-order valence-corrected chi connectivity index (χ0v) is 19.1. The Labute approximate surface area is 191 Å². The van der Waals surface area contributed by atoms with Gasteiger partial charge in [-0.2, -0.15) is 0 Å². The van der Waals surface area contributed by atoms with Gasteiger partial charge in [-0.05, 0) is 49.4 Å². The van der Waals surface area contributed by atoms with Crippen LogP contribution in [0.2, 0.25) is 0 Å². The maximum absolute atomic E-state index is 12.8. The molecule has 4 heterocycles. The Morgan fingerprint density at radius 2 is 1.94 bits per heavy atom. The lowest BCUT2D eigenvalue weighted by atomic mass is 9.96. The molecule has 8 heteroatoms. The summed E-state index contributed by atoms with van der Waals surface area (Å²) >= 11 is 1.63. The highest BCUT2D eigenvalue weighted by atomic mass is 32.1. The van der Waals surface area contributed by atoms with E-state index in [-0.39, 0.29) is 18.7 Å². The topological polar surface area (TPSA) is 67.2 Å². The Hall–Kier alpha value is -2.81. The van der Waals surface area contributed by atoms with Crippen molar-refractivity contribution in [3.8, 4) is 11.5 Å². The summed E-state index contributed by atoms with van der Waals surface area (Å²) in [6.45, 7) is 6.27. The average Bonchev–Trinajstić information content (AvgIpc) is 3.56. The van der Waals surface area contributed by atoms with Gasteiger partial charge in [-0.15, -0.1) is 11.3 Å². The van der Waals surface area contributed by atoms with Gasteiger partial charge >= 0.3 is 0 Å². The number of likely N-dealkylation sites (N-methyl/N-ethyl adjacent to an activating group) is 1. The fourth-order valence-electron chi connectivity index (χ4n) is 4.26. The number of piperazine rings is 1. The van der Waals surface area contributed by atoms with Crippen LogP contribution in [0.25, 0.3) is 0 Å². The molecule has 2 aliphatic heterocycles. The number of fused-ring (bicyclic) bond motifs is 1. The molecule has 1 aromatic carbocycles. The minimum absolute atomic E-state index is 0.00153. The van der Waals surface area contributed by atoms with E-state index >= 15 is 0 Å². The second kappa shape index (κ2) is 8.97. The SMILES string of the molecule is CCc1cc(C(c2ccc3c(c2)OCO3)N2CCN(C)CC2)c(NC(=O)c2ccco2)s1. The van der Waals surface area contributed by atoms with Crippen molar-refractivity contribution in [3.63, 3.8) is 0 Å². The number of hydrogen-bond acceptors (Lipinski definition) is 7. The van der Waals surface area contributed by atoms with Crippen LogP contribution in [0.3, 0.4) is 0 Å². The van der Waals surface area contributed by atoms with E-state index < -0.39 is 0 Å². The highest BCUT2D eigenvalue weighted by Crippen LogP contribution is 2.43. The molecule has 0 saturated carbocycles. The van der Waals surface area contributed by atoms with Crippen molar-refractivity contribution in [2.24, 2.45) is 0 Å². The Morgan fingerprint density at radius 3 is 2.69 bits per heavy atom. The second-order valence-corrected chi connectivity index (χ2v) is 9.27. The summed E-state index contributed by atoms with van der Waals surface area (Å²) in [6, 6.07) is 11.8. The van der Waals surface area contributed by atoms with Crippen molar-refractivity contribution in [2.45, 2.75) is 19.4 Å². The first-order valence-corrected chi connectivity index (χ1v) is 11.7. The van der Waals surface area contributed by atoms with Crippen LogP contribution in [0, 0.1) is 0 Å². The first kappa shape index (κ1) is 21.1. The fourth-order valence-corrected chi connectivity index (χ4v) is 5.28. The molecule has 1 atom stereocenters. The van der Waals surface area contributed by atoms with E-state index in [0.717, 1.165) is 60.2 Å². The second-order valence-electron chi connectivity index (χ2n) is 8.14. The molecule has 1 saturated heterocycles. The molecule has 168 valence electrons. The van der Waals surface area contributed by atoms with Crippen LogP contribution < -0.4 is 14.8 Å². The molecular weight excluding hydrogens is 426 g/mol. The quantitative estimate of drug-likeness (QED) is 0.603. The van der Waals surface area contributed by atoms with E-state index in [1.165, 1.54) is 11.1 Å². The number of anilines is 1. The number of hydrogen-bond donors (Lipinski definition) is 1. The summed E-state index contributed by atoms with van der Waals surface area (Å²) in [5, 5.41) is 3.98. The Bertz CT molecular complexity index is 1090.